The lowest BCUT2D eigenvalue weighted by Crippen LogP contribution is -2.56. The normalized spacial score (nSPS) is 16.5. The van der Waals surface area contributed by atoms with Gasteiger partial charge in [-0.3, -0.25) is 19.2 Å². The van der Waals surface area contributed by atoms with Gasteiger partial charge in [-0.2, -0.15) is 0 Å². The van der Waals surface area contributed by atoms with Crippen LogP contribution in [0.15, 0.2) is 43.0 Å². The average molecular weight is 487 g/mol. The number of likely N-dealkylation sites (tertiary alicyclic amines) is 1. The van der Waals surface area contributed by atoms with E-state index in [1.807, 2.05) is 30.3 Å². The van der Waals surface area contributed by atoms with Gasteiger partial charge in [-0.05, 0) is 30.9 Å². The highest BCUT2D eigenvalue weighted by Crippen LogP contribution is 2.21. The number of carbonyl (C=O) groups excluding carboxylic acids is 5. The van der Waals surface area contributed by atoms with Crippen LogP contribution < -0.4 is 10.6 Å². The number of amides is 4. The third-order valence-corrected chi connectivity index (χ3v) is 6.13. The summed E-state index contributed by atoms with van der Waals surface area (Å²) < 4.78 is 4.80. The molecule has 1 aromatic rings. The molecule has 1 aliphatic rings. The molecule has 35 heavy (non-hydrogen) atoms. The third kappa shape index (κ3) is 7.40. The first kappa shape index (κ1) is 27.6. The van der Waals surface area contributed by atoms with Crippen molar-refractivity contribution < 1.29 is 28.7 Å². The van der Waals surface area contributed by atoms with Gasteiger partial charge in [-0.25, -0.2) is 4.79 Å². The fourth-order valence-corrected chi connectivity index (χ4v) is 4.10. The molecule has 1 aliphatic heterocycles. The van der Waals surface area contributed by atoms with Gasteiger partial charge >= 0.3 is 5.97 Å². The molecule has 2 rings (SSSR count). The number of nitrogens with one attached hydrogen (secondary N) is 2. The van der Waals surface area contributed by atoms with Crippen molar-refractivity contribution in [3.05, 3.63) is 48.6 Å². The molecule has 10 heteroatoms. The van der Waals surface area contributed by atoms with E-state index in [1.165, 1.54) is 37.1 Å². The summed E-state index contributed by atoms with van der Waals surface area (Å²) in [6, 6.07) is 6.46. The Balaban J connectivity index is 2.28. The van der Waals surface area contributed by atoms with Crippen molar-refractivity contribution >= 4 is 29.6 Å². The van der Waals surface area contributed by atoms with E-state index in [0.29, 0.717) is 19.4 Å². The zero-order valence-corrected chi connectivity index (χ0v) is 20.5. The summed E-state index contributed by atoms with van der Waals surface area (Å²) in [5.41, 5.74) is 0.817. The molecule has 0 spiro atoms. The molecule has 0 aromatic heterocycles. The molecular formula is C25H34N4O6. The van der Waals surface area contributed by atoms with Crippen LogP contribution in [0.1, 0.15) is 31.2 Å². The summed E-state index contributed by atoms with van der Waals surface area (Å²) in [7, 11) is 4.19. The number of nitrogens with zero attached hydrogens (tertiary/aromatic N) is 2. The molecule has 0 aliphatic carbocycles. The van der Waals surface area contributed by atoms with Crippen LogP contribution in [0.3, 0.4) is 0 Å². The Morgan fingerprint density at radius 1 is 1.23 bits per heavy atom. The number of hydrogen-bond acceptors (Lipinski definition) is 6. The summed E-state index contributed by atoms with van der Waals surface area (Å²) in [6.07, 6.45) is 2.57. The molecule has 0 unspecified atom stereocenters. The number of methoxy groups -OCH3 is 1. The Morgan fingerprint density at radius 2 is 1.91 bits per heavy atom. The lowest BCUT2D eigenvalue weighted by atomic mass is 10.0. The molecular weight excluding hydrogens is 452 g/mol. The molecule has 1 heterocycles. The number of esters is 1. The first-order valence-corrected chi connectivity index (χ1v) is 11.6. The van der Waals surface area contributed by atoms with Crippen molar-refractivity contribution in [3.8, 4) is 0 Å². The van der Waals surface area contributed by atoms with Crippen LogP contribution >= 0.6 is 0 Å². The standard InChI is InChI=1S/C25H34N4O6/c1-5-22(31)29-15-9-12-19(29)24(33)28(3)20(16-17-10-7-6-8-11-17)23(32)27-18(25(34)35-4)13-14-21(30)26-2/h5-8,10-11,18-20H,1,9,12-16H2,2-4H3,(H,26,30)(H,27,32)/t18-,19-,20-/m0/s1. The number of benzene rings is 1. The topological polar surface area (TPSA) is 125 Å². The average Bonchev–Trinajstić information content (AvgIpc) is 3.38. The van der Waals surface area contributed by atoms with Gasteiger partial charge in [0.05, 0.1) is 7.11 Å². The Morgan fingerprint density at radius 3 is 2.51 bits per heavy atom. The molecule has 10 nitrogen and oxygen atoms in total. The van der Waals surface area contributed by atoms with Crippen LogP contribution in [-0.4, -0.2) is 85.3 Å². The first-order valence-electron chi connectivity index (χ1n) is 11.6. The molecule has 4 amide bonds. The molecule has 1 saturated heterocycles. The molecule has 3 atom stereocenters. The van der Waals surface area contributed by atoms with Crippen molar-refractivity contribution in [2.75, 3.05) is 27.7 Å². The van der Waals surface area contributed by atoms with E-state index in [9.17, 15) is 24.0 Å². The quantitative estimate of drug-likeness (QED) is 0.345. The van der Waals surface area contributed by atoms with Crippen LogP contribution in [0.5, 0.6) is 0 Å². The van der Waals surface area contributed by atoms with E-state index < -0.39 is 30.0 Å². The van der Waals surface area contributed by atoms with Crippen LogP contribution in [-0.2, 0) is 35.1 Å². The monoisotopic (exact) mass is 486 g/mol. The van der Waals surface area contributed by atoms with E-state index in [2.05, 4.69) is 17.2 Å². The van der Waals surface area contributed by atoms with Crippen LogP contribution in [0, 0.1) is 0 Å². The fraction of sp³-hybridized carbons (Fsp3) is 0.480. The number of hydrogen-bond donors (Lipinski definition) is 2. The molecule has 0 radical (unpaired) electrons. The first-order chi connectivity index (χ1) is 16.7. The second kappa shape index (κ2) is 13.3. The molecule has 190 valence electrons. The van der Waals surface area contributed by atoms with Crippen LogP contribution in [0.4, 0.5) is 0 Å². The number of carbonyl (C=O) groups is 5. The molecule has 2 N–H and O–H groups in total. The molecule has 0 saturated carbocycles. The highest BCUT2D eigenvalue weighted by molar-refractivity contribution is 5.96. The largest absolute Gasteiger partial charge is 0.467 e. The smallest absolute Gasteiger partial charge is 0.328 e. The van der Waals surface area contributed by atoms with Gasteiger partial charge in [0, 0.05) is 33.5 Å². The lowest BCUT2D eigenvalue weighted by Gasteiger charge is -2.33. The maximum atomic E-state index is 13.4. The Hall–Kier alpha value is -3.69. The maximum Gasteiger partial charge on any atom is 0.328 e. The summed E-state index contributed by atoms with van der Waals surface area (Å²) >= 11 is 0. The van der Waals surface area contributed by atoms with Crippen LogP contribution in [0.25, 0.3) is 0 Å². The minimum Gasteiger partial charge on any atom is -0.467 e. The number of likely N-dealkylation sites (N-methyl/N-ethyl adjacent to an activating group) is 1. The fourth-order valence-electron chi connectivity index (χ4n) is 4.10. The maximum absolute atomic E-state index is 13.4. The predicted molar refractivity (Wildman–Crippen MR) is 129 cm³/mol. The predicted octanol–water partition coefficient (Wildman–Crippen LogP) is 0.417. The summed E-state index contributed by atoms with van der Waals surface area (Å²) in [5.74, 6) is -2.23. The van der Waals surface area contributed by atoms with Gasteiger partial charge in [0.15, 0.2) is 0 Å². The van der Waals surface area contributed by atoms with E-state index >= 15 is 0 Å². The Labute approximate surface area is 205 Å². The second-order valence-corrected chi connectivity index (χ2v) is 8.34. The van der Waals surface area contributed by atoms with Crippen molar-refractivity contribution in [2.24, 2.45) is 0 Å². The van der Waals surface area contributed by atoms with E-state index in [4.69, 9.17) is 4.74 Å². The van der Waals surface area contributed by atoms with Crippen molar-refractivity contribution in [1.29, 1.82) is 0 Å². The van der Waals surface area contributed by atoms with Gasteiger partial charge in [0.25, 0.3) is 0 Å². The molecule has 1 aromatic carbocycles. The van der Waals surface area contributed by atoms with Gasteiger partial charge < -0.3 is 25.2 Å². The van der Waals surface area contributed by atoms with Crippen molar-refractivity contribution in [1.82, 2.24) is 20.4 Å². The van der Waals surface area contributed by atoms with E-state index in [1.54, 1.807) is 0 Å². The minimum absolute atomic E-state index is 0.00929. The zero-order chi connectivity index (χ0) is 26.0. The van der Waals surface area contributed by atoms with Gasteiger partial charge in [0.1, 0.15) is 18.1 Å². The second-order valence-electron chi connectivity index (χ2n) is 8.34. The van der Waals surface area contributed by atoms with Crippen molar-refractivity contribution in [2.45, 2.75) is 50.2 Å². The SMILES string of the molecule is C=CC(=O)N1CCC[C@H]1C(=O)N(C)[C@@H](Cc1ccccc1)C(=O)N[C@@H](CCC(=O)NC)C(=O)OC. The van der Waals surface area contributed by atoms with E-state index in [-0.39, 0.29) is 37.0 Å². The highest BCUT2D eigenvalue weighted by Gasteiger charge is 2.39. The number of ether oxygens (including phenoxy) is 1. The van der Waals surface area contributed by atoms with Crippen LogP contribution in [0.2, 0.25) is 0 Å². The molecule has 1 fully saturated rings. The van der Waals surface area contributed by atoms with Gasteiger partial charge in [-0.1, -0.05) is 36.9 Å². The Bertz CT molecular complexity index is 935. The summed E-state index contributed by atoms with van der Waals surface area (Å²) in [5, 5.41) is 5.13. The summed E-state index contributed by atoms with van der Waals surface area (Å²) in [6.45, 7) is 3.94. The zero-order valence-electron chi connectivity index (χ0n) is 20.5. The van der Waals surface area contributed by atoms with Crippen molar-refractivity contribution in [3.63, 3.8) is 0 Å². The molecule has 0 bridgehead atoms. The lowest BCUT2D eigenvalue weighted by molar-refractivity contribution is -0.148. The Kier molecular flexibility index (Phi) is 10.4. The van der Waals surface area contributed by atoms with Gasteiger partial charge in [-0.15, -0.1) is 0 Å². The number of rotatable bonds is 11. The van der Waals surface area contributed by atoms with Gasteiger partial charge in [0.2, 0.25) is 23.6 Å². The summed E-state index contributed by atoms with van der Waals surface area (Å²) in [4.78, 5) is 65.8. The highest BCUT2D eigenvalue weighted by atomic mass is 16.5. The minimum atomic E-state index is -1.06. The third-order valence-electron chi connectivity index (χ3n) is 6.13. The van der Waals surface area contributed by atoms with E-state index in [0.717, 1.165) is 5.56 Å².